The van der Waals surface area contributed by atoms with E-state index >= 15 is 0 Å². The van der Waals surface area contributed by atoms with Crippen molar-refractivity contribution < 1.29 is 5.11 Å². The van der Waals surface area contributed by atoms with E-state index in [-0.39, 0.29) is 0 Å². The highest BCUT2D eigenvalue weighted by atomic mass is 79.9. The SMILES string of the molecule is OC(c1cc(Br)cc(Br)c1)c1cccc2cccnc12. The first kappa shape index (κ1) is 13.7. The molecule has 1 unspecified atom stereocenters. The third kappa shape index (κ3) is 2.64. The highest BCUT2D eigenvalue weighted by Gasteiger charge is 2.15. The number of aliphatic hydroxyl groups is 1. The molecular formula is C16H11Br2NO. The number of aliphatic hydroxyl groups excluding tert-OH is 1. The lowest BCUT2D eigenvalue weighted by Gasteiger charge is -2.14. The van der Waals surface area contributed by atoms with Gasteiger partial charge in [0.05, 0.1) is 5.52 Å². The third-order valence-electron chi connectivity index (χ3n) is 3.16. The quantitative estimate of drug-likeness (QED) is 0.676. The predicted molar refractivity (Wildman–Crippen MR) is 87.6 cm³/mol. The average Bonchev–Trinajstić information content (AvgIpc) is 2.45. The molecule has 0 aliphatic heterocycles. The molecule has 0 radical (unpaired) electrons. The van der Waals surface area contributed by atoms with Crippen LogP contribution in [0.5, 0.6) is 0 Å². The predicted octanol–water partition coefficient (Wildman–Crippen LogP) is 4.84. The molecule has 20 heavy (non-hydrogen) atoms. The Hall–Kier alpha value is -1.23. The van der Waals surface area contributed by atoms with Gasteiger partial charge < -0.3 is 5.11 Å². The number of hydrogen-bond donors (Lipinski definition) is 1. The Morgan fingerprint density at radius 3 is 2.40 bits per heavy atom. The molecule has 1 N–H and O–H groups in total. The van der Waals surface area contributed by atoms with Crippen molar-refractivity contribution in [1.82, 2.24) is 4.98 Å². The molecule has 0 fully saturated rings. The Balaban J connectivity index is 2.15. The molecule has 3 aromatic rings. The number of halogens is 2. The molecule has 2 aromatic carbocycles. The fourth-order valence-electron chi connectivity index (χ4n) is 2.26. The lowest BCUT2D eigenvalue weighted by molar-refractivity contribution is 0.221. The van der Waals surface area contributed by atoms with Crippen LogP contribution in [0.4, 0.5) is 0 Å². The van der Waals surface area contributed by atoms with E-state index in [0.717, 1.165) is 31.0 Å². The molecular weight excluding hydrogens is 382 g/mol. The summed E-state index contributed by atoms with van der Waals surface area (Å²) in [4.78, 5) is 4.39. The van der Waals surface area contributed by atoms with Gasteiger partial charge in [0.1, 0.15) is 6.10 Å². The van der Waals surface area contributed by atoms with Crippen LogP contribution in [-0.2, 0) is 0 Å². The number of aromatic nitrogens is 1. The number of fused-ring (bicyclic) bond motifs is 1. The standard InChI is InChI=1S/C16H11Br2NO/c17-12-7-11(8-13(18)9-12)16(20)14-5-1-3-10-4-2-6-19-15(10)14/h1-9,16,20H. The van der Waals surface area contributed by atoms with Gasteiger partial charge >= 0.3 is 0 Å². The first-order valence-electron chi connectivity index (χ1n) is 6.13. The Morgan fingerprint density at radius 2 is 1.65 bits per heavy atom. The Morgan fingerprint density at radius 1 is 0.950 bits per heavy atom. The molecule has 1 heterocycles. The van der Waals surface area contributed by atoms with Gasteiger partial charge in [0.25, 0.3) is 0 Å². The zero-order chi connectivity index (χ0) is 14.1. The maximum absolute atomic E-state index is 10.7. The summed E-state index contributed by atoms with van der Waals surface area (Å²) >= 11 is 6.89. The van der Waals surface area contributed by atoms with Crippen LogP contribution in [-0.4, -0.2) is 10.1 Å². The maximum atomic E-state index is 10.7. The summed E-state index contributed by atoms with van der Waals surface area (Å²) in [6.45, 7) is 0. The van der Waals surface area contributed by atoms with Crippen LogP contribution >= 0.6 is 31.9 Å². The fraction of sp³-hybridized carbons (Fsp3) is 0.0625. The van der Waals surface area contributed by atoms with Crippen LogP contribution < -0.4 is 0 Å². The van der Waals surface area contributed by atoms with E-state index in [9.17, 15) is 5.11 Å². The van der Waals surface area contributed by atoms with Crippen molar-refractivity contribution in [3.8, 4) is 0 Å². The first-order valence-corrected chi connectivity index (χ1v) is 7.71. The average molecular weight is 393 g/mol. The van der Waals surface area contributed by atoms with Crippen molar-refractivity contribution in [2.45, 2.75) is 6.10 Å². The number of para-hydroxylation sites is 1. The second kappa shape index (κ2) is 5.64. The molecule has 0 bridgehead atoms. The van der Waals surface area contributed by atoms with Gasteiger partial charge in [-0.1, -0.05) is 56.1 Å². The summed E-state index contributed by atoms with van der Waals surface area (Å²) in [5.41, 5.74) is 2.47. The van der Waals surface area contributed by atoms with Crippen LogP contribution in [0.25, 0.3) is 10.9 Å². The smallest absolute Gasteiger partial charge is 0.106 e. The third-order valence-corrected chi connectivity index (χ3v) is 4.07. The second-order valence-corrected chi connectivity index (χ2v) is 6.36. The summed E-state index contributed by atoms with van der Waals surface area (Å²) < 4.78 is 1.85. The Bertz CT molecular complexity index is 748. The lowest BCUT2D eigenvalue weighted by Crippen LogP contribution is -2.01. The minimum atomic E-state index is -0.706. The summed E-state index contributed by atoms with van der Waals surface area (Å²) in [6.07, 6.45) is 1.04. The normalized spacial score (nSPS) is 12.6. The van der Waals surface area contributed by atoms with Crippen molar-refractivity contribution in [1.29, 1.82) is 0 Å². The minimum Gasteiger partial charge on any atom is -0.384 e. The van der Waals surface area contributed by atoms with Gasteiger partial charge in [0.2, 0.25) is 0 Å². The Labute approximate surface area is 133 Å². The van der Waals surface area contributed by atoms with Crippen LogP contribution in [0.2, 0.25) is 0 Å². The van der Waals surface area contributed by atoms with Crippen LogP contribution in [0.3, 0.4) is 0 Å². The number of pyridine rings is 1. The van der Waals surface area contributed by atoms with Crippen molar-refractivity contribution in [3.63, 3.8) is 0 Å². The zero-order valence-corrected chi connectivity index (χ0v) is 13.6. The molecule has 0 aliphatic carbocycles. The number of rotatable bonds is 2. The molecule has 1 atom stereocenters. The molecule has 0 saturated carbocycles. The van der Waals surface area contributed by atoms with Crippen molar-refractivity contribution >= 4 is 42.8 Å². The van der Waals surface area contributed by atoms with E-state index in [1.165, 1.54) is 0 Å². The molecule has 0 saturated heterocycles. The summed E-state index contributed by atoms with van der Waals surface area (Å²) in [5, 5.41) is 11.7. The highest BCUT2D eigenvalue weighted by molar-refractivity contribution is 9.11. The van der Waals surface area contributed by atoms with Gasteiger partial charge in [-0.05, 0) is 29.8 Å². The first-order chi connectivity index (χ1) is 9.65. The topological polar surface area (TPSA) is 33.1 Å². The van der Waals surface area contributed by atoms with E-state index in [4.69, 9.17) is 0 Å². The zero-order valence-electron chi connectivity index (χ0n) is 10.4. The van der Waals surface area contributed by atoms with Gasteiger partial charge in [0, 0.05) is 26.1 Å². The van der Waals surface area contributed by atoms with Gasteiger partial charge in [-0.3, -0.25) is 4.98 Å². The Kier molecular flexibility index (Phi) is 3.87. The summed E-state index contributed by atoms with van der Waals surface area (Å²) in [5.74, 6) is 0. The maximum Gasteiger partial charge on any atom is 0.106 e. The van der Waals surface area contributed by atoms with Crippen LogP contribution in [0, 0.1) is 0 Å². The van der Waals surface area contributed by atoms with E-state index in [2.05, 4.69) is 36.8 Å². The summed E-state index contributed by atoms with van der Waals surface area (Å²) in [7, 11) is 0. The molecule has 0 amide bonds. The van der Waals surface area contributed by atoms with Gasteiger partial charge in [0.15, 0.2) is 0 Å². The van der Waals surface area contributed by atoms with E-state index < -0.39 is 6.10 Å². The molecule has 1 aromatic heterocycles. The summed E-state index contributed by atoms with van der Waals surface area (Å²) in [6, 6.07) is 15.5. The van der Waals surface area contributed by atoms with Gasteiger partial charge in [-0.2, -0.15) is 0 Å². The number of nitrogens with zero attached hydrogens (tertiary/aromatic N) is 1. The van der Waals surface area contributed by atoms with Crippen LogP contribution in [0.1, 0.15) is 17.2 Å². The highest BCUT2D eigenvalue weighted by Crippen LogP contribution is 2.31. The molecule has 2 nitrogen and oxygen atoms in total. The molecule has 100 valence electrons. The van der Waals surface area contributed by atoms with E-state index in [0.29, 0.717) is 0 Å². The number of benzene rings is 2. The molecule has 0 spiro atoms. The van der Waals surface area contributed by atoms with Crippen LogP contribution in [0.15, 0.2) is 63.7 Å². The lowest BCUT2D eigenvalue weighted by atomic mass is 9.99. The van der Waals surface area contributed by atoms with Crippen molar-refractivity contribution in [2.24, 2.45) is 0 Å². The van der Waals surface area contributed by atoms with Crippen molar-refractivity contribution in [2.75, 3.05) is 0 Å². The largest absolute Gasteiger partial charge is 0.384 e. The number of hydrogen-bond acceptors (Lipinski definition) is 2. The second-order valence-electron chi connectivity index (χ2n) is 4.53. The van der Waals surface area contributed by atoms with Gasteiger partial charge in [-0.25, -0.2) is 0 Å². The monoisotopic (exact) mass is 391 g/mol. The molecule has 3 rings (SSSR count). The van der Waals surface area contributed by atoms with Crippen molar-refractivity contribution in [3.05, 3.63) is 74.8 Å². The minimum absolute atomic E-state index is 0.706. The molecule has 4 heteroatoms. The van der Waals surface area contributed by atoms with E-state index in [1.54, 1.807) is 6.20 Å². The molecule has 0 aliphatic rings. The van der Waals surface area contributed by atoms with E-state index in [1.807, 2.05) is 48.5 Å². The van der Waals surface area contributed by atoms with Gasteiger partial charge in [-0.15, -0.1) is 0 Å². The fourth-order valence-corrected chi connectivity index (χ4v) is 3.59.